The van der Waals surface area contributed by atoms with Gasteiger partial charge in [-0.05, 0) is 37.0 Å². The Morgan fingerprint density at radius 3 is 2.64 bits per heavy atom. The minimum absolute atomic E-state index is 0.198. The van der Waals surface area contributed by atoms with Gasteiger partial charge in [0.1, 0.15) is 5.82 Å². The Morgan fingerprint density at radius 1 is 1.07 bits per heavy atom. The highest BCUT2D eigenvalue weighted by Gasteiger charge is 2.20. The Hall–Kier alpha value is -2.70. The fraction of sp³-hybridized carbons (Fsp3) is 0.364. The quantitative estimate of drug-likeness (QED) is 0.709. The molecule has 0 aliphatic carbocycles. The van der Waals surface area contributed by atoms with E-state index in [1.54, 1.807) is 0 Å². The third-order valence-electron chi connectivity index (χ3n) is 5.35. The van der Waals surface area contributed by atoms with Crippen molar-refractivity contribution in [1.82, 2.24) is 14.9 Å². The van der Waals surface area contributed by atoms with Crippen LogP contribution >= 0.6 is 0 Å². The van der Waals surface area contributed by atoms with Crippen LogP contribution in [-0.4, -0.2) is 34.1 Å². The van der Waals surface area contributed by atoms with Crippen LogP contribution in [0.15, 0.2) is 42.5 Å². The van der Waals surface area contributed by atoms with Crippen molar-refractivity contribution in [3.05, 3.63) is 59.2 Å². The Balaban J connectivity index is 1.34. The molecule has 6 heteroatoms. The molecule has 0 spiro atoms. The summed E-state index contributed by atoms with van der Waals surface area (Å²) in [5.41, 5.74) is 16.2. The molecule has 4 rings (SSSR count). The van der Waals surface area contributed by atoms with Gasteiger partial charge in [0, 0.05) is 25.0 Å². The Labute approximate surface area is 165 Å². The number of likely N-dealkylation sites (tertiary alicyclic amines) is 1. The van der Waals surface area contributed by atoms with Crippen molar-refractivity contribution in [2.45, 2.75) is 39.0 Å². The van der Waals surface area contributed by atoms with Crippen LogP contribution in [0.2, 0.25) is 0 Å². The van der Waals surface area contributed by atoms with Crippen LogP contribution in [-0.2, 0) is 17.9 Å². The number of nitrogens with two attached hydrogens (primary N) is 2. The number of benzene rings is 2. The van der Waals surface area contributed by atoms with E-state index in [4.69, 9.17) is 16.2 Å². The van der Waals surface area contributed by atoms with Gasteiger partial charge in [-0.15, -0.1) is 0 Å². The molecule has 1 aliphatic heterocycles. The molecule has 0 saturated carbocycles. The first-order valence-corrected chi connectivity index (χ1v) is 9.78. The van der Waals surface area contributed by atoms with Gasteiger partial charge in [0.15, 0.2) is 0 Å². The molecule has 2 heterocycles. The second kappa shape index (κ2) is 8.12. The number of ether oxygens (including phenoxy) is 1. The fourth-order valence-corrected chi connectivity index (χ4v) is 3.93. The number of fused-ring (bicyclic) bond motifs is 1. The smallest absolute Gasteiger partial charge is 0.222 e. The van der Waals surface area contributed by atoms with Crippen molar-refractivity contribution >= 4 is 22.7 Å². The SMILES string of the molecule is Cc1cccc(CN2CCC(OCc3cccc4nc(N)nc(N)c34)CC2)c1. The molecule has 146 valence electrons. The van der Waals surface area contributed by atoms with E-state index in [1.807, 2.05) is 18.2 Å². The zero-order chi connectivity index (χ0) is 19.5. The van der Waals surface area contributed by atoms with Crippen molar-refractivity contribution in [2.75, 3.05) is 24.6 Å². The molecule has 0 amide bonds. The summed E-state index contributed by atoms with van der Waals surface area (Å²) in [4.78, 5) is 10.9. The first-order chi connectivity index (χ1) is 13.6. The first-order valence-electron chi connectivity index (χ1n) is 9.78. The number of anilines is 2. The fourth-order valence-electron chi connectivity index (χ4n) is 3.93. The predicted molar refractivity (Wildman–Crippen MR) is 113 cm³/mol. The Kier molecular flexibility index (Phi) is 5.41. The highest BCUT2D eigenvalue weighted by molar-refractivity contribution is 5.91. The first kappa shape index (κ1) is 18.7. The standard InChI is InChI=1S/C22H27N5O/c1-15-4-2-5-16(12-15)13-27-10-8-18(9-11-27)28-14-17-6-3-7-19-20(17)21(23)26-22(24)25-19/h2-7,12,18H,8-11,13-14H2,1H3,(H4,23,24,25,26). The summed E-state index contributed by atoms with van der Waals surface area (Å²) in [6.45, 7) is 5.76. The lowest BCUT2D eigenvalue weighted by Crippen LogP contribution is -2.36. The lowest BCUT2D eigenvalue weighted by atomic mass is 10.1. The molecule has 1 aromatic heterocycles. The molecule has 6 nitrogen and oxygen atoms in total. The van der Waals surface area contributed by atoms with Gasteiger partial charge in [-0.25, -0.2) is 4.98 Å². The van der Waals surface area contributed by atoms with Crippen molar-refractivity contribution < 1.29 is 4.74 Å². The second-order valence-electron chi connectivity index (χ2n) is 7.55. The Morgan fingerprint density at radius 2 is 1.86 bits per heavy atom. The van der Waals surface area contributed by atoms with Crippen molar-refractivity contribution in [2.24, 2.45) is 0 Å². The normalized spacial score (nSPS) is 15.9. The van der Waals surface area contributed by atoms with E-state index in [2.05, 4.69) is 46.1 Å². The molecule has 2 aromatic carbocycles. The largest absolute Gasteiger partial charge is 0.383 e. The van der Waals surface area contributed by atoms with Gasteiger partial charge < -0.3 is 16.2 Å². The summed E-state index contributed by atoms with van der Waals surface area (Å²) in [5, 5.41) is 0.841. The van der Waals surface area contributed by atoms with Crippen LogP contribution < -0.4 is 11.5 Å². The number of aromatic nitrogens is 2. The van der Waals surface area contributed by atoms with Gasteiger partial charge in [-0.3, -0.25) is 4.90 Å². The summed E-state index contributed by atoms with van der Waals surface area (Å²) < 4.78 is 6.21. The lowest BCUT2D eigenvalue weighted by Gasteiger charge is -2.32. The molecule has 1 aliphatic rings. The number of nitrogen functional groups attached to an aromatic ring is 2. The van der Waals surface area contributed by atoms with Crippen LogP contribution in [0.5, 0.6) is 0 Å². The molecule has 1 fully saturated rings. The lowest BCUT2D eigenvalue weighted by molar-refractivity contribution is -0.00350. The van der Waals surface area contributed by atoms with Gasteiger partial charge >= 0.3 is 0 Å². The maximum atomic E-state index is 6.21. The van der Waals surface area contributed by atoms with Crippen LogP contribution in [0.1, 0.15) is 29.5 Å². The van der Waals surface area contributed by atoms with E-state index in [1.165, 1.54) is 11.1 Å². The number of rotatable bonds is 5. The van der Waals surface area contributed by atoms with Crippen molar-refractivity contribution in [3.8, 4) is 0 Å². The van der Waals surface area contributed by atoms with Crippen LogP contribution in [0, 0.1) is 6.92 Å². The molecular weight excluding hydrogens is 350 g/mol. The van der Waals surface area contributed by atoms with Gasteiger partial charge in [0.2, 0.25) is 5.95 Å². The minimum atomic E-state index is 0.198. The molecule has 0 atom stereocenters. The number of aryl methyl sites for hydroxylation is 1. The minimum Gasteiger partial charge on any atom is -0.383 e. The molecule has 1 saturated heterocycles. The predicted octanol–water partition coefficient (Wildman–Crippen LogP) is 3.28. The number of hydrogen-bond acceptors (Lipinski definition) is 6. The maximum absolute atomic E-state index is 6.21. The zero-order valence-electron chi connectivity index (χ0n) is 16.3. The number of piperidine rings is 1. The van der Waals surface area contributed by atoms with E-state index in [0.717, 1.165) is 48.9 Å². The monoisotopic (exact) mass is 377 g/mol. The van der Waals surface area contributed by atoms with Gasteiger partial charge in [0.05, 0.1) is 18.2 Å². The van der Waals surface area contributed by atoms with Crippen molar-refractivity contribution in [1.29, 1.82) is 0 Å². The van der Waals surface area contributed by atoms with Gasteiger partial charge in [0.25, 0.3) is 0 Å². The number of nitrogens with zero attached hydrogens (tertiary/aromatic N) is 3. The van der Waals surface area contributed by atoms with E-state index in [-0.39, 0.29) is 12.1 Å². The summed E-state index contributed by atoms with van der Waals surface area (Å²) >= 11 is 0. The van der Waals surface area contributed by atoms with Crippen LogP contribution in [0.3, 0.4) is 0 Å². The Bertz CT molecular complexity index is 966. The molecule has 0 bridgehead atoms. The molecule has 0 radical (unpaired) electrons. The third kappa shape index (κ3) is 4.24. The van der Waals surface area contributed by atoms with E-state index in [0.29, 0.717) is 12.4 Å². The molecule has 0 unspecified atom stereocenters. The topological polar surface area (TPSA) is 90.3 Å². The summed E-state index contributed by atoms with van der Waals surface area (Å²) in [6.07, 6.45) is 2.34. The molecular formula is C22H27N5O. The zero-order valence-corrected chi connectivity index (χ0v) is 16.3. The second-order valence-corrected chi connectivity index (χ2v) is 7.55. The highest BCUT2D eigenvalue weighted by Crippen LogP contribution is 2.25. The average Bonchev–Trinajstić information content (AvgIpc) is 2.67. The average molecular weight is 377 g/mol. The maximum Gasteiger partial charge on any atom is 0.222 e. The van der Waals surface area contributed by atoms with E-state index < -0.39 is 0 Å². The van der Waals surface area contributed by atoms with E-state index >= 15 is 0 Å². The third-order valence-corrected chi connectivity index (χ3v) is 5.35. The summed E-state index contributed by atoms with van der Waals surface area (Å²) in [6, 6.07) is 14.6. The number of hydrogen-bond donors (Lipinski definition) is 2. The van der Waals surface area contributed by atoms with Crippen LogP contribution in [0.4, 0.5) is 11.8 Å². The van der Waals surface area contributed by atoms with Crippen LogP contribution in [0.25, 0.3) is 10.9 Å². The highest BCUT2D eigenvalue weighted by atomic mass is 16.5. The van der Waals surface area contributed by atoms with Gasteiger partial charge in [-0.1, -0.05) is 42.0 Å². The summed E-state index contributed by atoms with van der Waals surface area (Å²) in [5.74, 6) is 0.610. The summed E-state index contributed by atoms with van der Waals surface area (Å²) in [7, 11) is 0. The van der Waals surface area contributed by atoms with E-state index in [9.17, 15) is 0 Å². The molecule has 4 N–H and O–H groups in total. The van der Waals surface area contributed by atoms with Gasteiger partial charge in [-0.2, -0.15) is 4.98 Å². The van der Waals surface area contributed by atoms with Crippen molar-refractivity contribution in [3.63, 3.8) is 0 Å². The molecule has 28 heavy (non-hydrogen) atoms. The molecule has 3 aromatic rings.